The summed E-state index contributed by atoms with van der Waals surface area (Å²) in [6.07, 6.45) is 1.84. The molecule has 0 fully saturated rings. The predicted molar refractivity (Wildman–Crippen MR) is 96.4 cm³/mol. The molecule has 1 N–H and O–H groups in total. The number of halogens is 1. The fraction of sp³-hybridized carbons (Fsp3) is 0.176. The third-order valence-electron chi connectivity index (χ3n) is 3.53. The van der Waals surface area contributed by atoms with E-state index in [4.69, 9.17) is 16.9 Å². The zero-order chi connectivity index (χ0) is 17.8. The van der Waals surface area contributed by atoms with Gasteiger partial charge in [-0.05, 0) is 25.1 Å². The van der Waals surface area contributed by atoms with Gasteiger partial charge in [-0.2, -0.15) is 10.4 Å². The highest BCUT2D eigenvalue weighted by molar-refractivity contribution is 7.07. The average Bonchev–Trinajstić information content (AvgIpc) is 3.26. The number of carbonyl (C=O) groups is 1. The fourth-order valence-corrected chi connectivity index (χ4v) is 3.09. The van der Waals surface area contributed by atoms with Crippen LogP contribution in [0.25, 0.3) is 11.3 Å². The number of nitrogens with one attached hydrogen (secondary N) is 1. The molecule has 1 aromatic carbocycles. The van der Waals surface area contributed by atoms with Crippen LogP contribution in [0, 0.1) is 11.3 Å². The number of rotatable bonds is 5. The molecule has 1 unspecified atom stereocenters. The molecule has 126 valence electrons. The molecule has 2 heterocycles. The second-order valence-corrected chi connectivity index (χ2v) is 6.60. The Kier molecular flexibility index (Phi) is 5.12. The lowest BCUT2D eigenvalue weighted by atomic mass is 10.1. The lowest BCUT2D eigenvalue weighted by Crippen LogP contribution is -2.35. The second-order valence-electron chi connectivity index (χ2n) is 5.48. The van der Waals surface area contributed by atoms with Crippen molar-refractivity contribution < 1.29 is 4.79 Å². The molecule has 1 atom stereocenters. The SMILES string of the molecule is CC(Cn1ccc(-c2ccc(C#N)c(Cl)c2)n1)NC(=O)c1cscn1. The van der Waals surface area contributed by atoms with Gasteiger partial charge in [0.1, 0.15) is 11.8 Å². The molecule has 3 aromatic rings. The summed E-state index contributed by atoms with van der Waals surface area (Å²) < 4.78 is 1.76. The van der Waals surface area contributed by atoms with Crippen LogP contribution in [-0.2, 0) is 6.54 Å². The molecule has 0 saturated heterocycles. The van der Waals surface area contributed by atoms with Crippen LogP contribution in [0.1, 0.15) is 23.0 Å². The maximum atomic E-state index is 12.0. The minimum Gasteiger partial charge on any atom is -0.346 e. The van der Waals surface area contributed by atoms with E-state index in [9.17, 15) is 4.79 Å². The first-order valence-electron chi connectivity index (χ1n) is 7.49. The summed E-state index contributed by atoms with van der Waals surface area (Å²) in [6, 6.07) is 9.00. The van der Waals surface area contributed by atoms with Crippen molar-refractivity contribution in [3.8, 4) is 17.3 Å². The first kappa shape index (κ1) is 17.1. The van der Waals surface area contributed by atoms with Crippen molar-refractivity contribution in [2.45, 2.75) is 19.5 Å². The summed E-state index contributed by atoms with van der Waals surface area (Å²) in [7, 11) is 0. The van der Waals surface area contributed by atoms with Gasteiger partial charge in [0.25, 0.3) is 5.91 Å². The molecule has 0 saturated carbocycles. The van der Waals surface area contributed by atoms with Crippen LogP contribution in [0.4, 0.5) is 0 Å². The zero-order valence-electron chi connectivity index (χ0n) is 13.3. The van der Waals surface area contributed by atoms with Crippen LogP contribution >= 0.6 is 22.9 Å². The van der Waals surface area contributed by atoms with Crippen LogP contribution < -0.4 is 5.32 Å². The summed E-state index contributed by atoms with van der Waals surface area (Å²) in [5, 5.41) is 18.4. The van der Waals surface area contributed by atoms with Crippen molar-refractivity contribution in [2.24, 2.45) is 0 Å². The number of nitrogens with zero attached hydrogens (tertiary/aromatic N) is 4. The number of benzene rings is 1. The molecular weight excluding hydrogens is 358 g/mol. The molecule has 0 aliphatic heterocycles. The molecular formula is C17H14ClN5OS. The standard InChI is InChI=1S/C17H14ClN5OS/c1-11(21-17(24)16-9-25-10-20-16)8-23-5-4-15(22-23)12-2-3-13(7-19)14(18)6-12/h2-6,9-11H,8H2,1H3,(H,21,24). The first-order chi connectivity index (χ1) is 12.1. The maximum absolute atomic E-state index is 12.0. The highest BCUT2D eigenvalue weighted by Crippen LogP contribution is 2.24. The zero-order valence-corrected chi connectivity index (χ0v) is 14.9. The number of amides is 1. The molecule has 6 nitrogen and oxygen atoms in total. The van der Waals surface area contributed by atoms with Gasteiger partial charge in [-0.1, -0.05) is 17.7 Å². The smallest absolute Gasteiger partial charge is 0.271 e. The van der Waals surface area contributed by atoms with Gasteiger partial charge >= 0.3 is 0 Å². The minimum atomic E-state index is -0.194. The summed E-state index contributed by atoms with van der Waals surface area (Å²) in [5.41, 5.74) is 4.07. The highest BCUT2D eigenvalue weighted by atomic mass is 35.5. The van der Waals surface area contributed by atoms with Crippen molar-refractivity contribution in [3.05, 3.63) is 57.6 Å². The van der Waals surface area contributed by atoms with E-state index in [0.717, 1.165) is 11.3 Å². The van der Waals surface area contributed by atoms with Crippen molar-refractivity contribution in [2.75, 3.05) is 0 Å². The van der Waals surface area contributed by atoms with Crippen molar-refractivity contribution in [1.29, 1.82) is 5.26 Å². The quantitative estimate of drug-likeness (QED) is 0.745. The number of hydrogen-bond acceptors (Lipinski definition) is 5. The van der Waals surface area contributed by atoms with Crippen molar-refractivity contribution >= 4 is 28.8 Å². The third kappa shape index (κ3) is 4.05. The van der Waals surface area contributed by atoms with Gasteiger partial charge in [-0.3, -0.25) is 9.48 Å². The Balaban J connectivity index is 1.66. The van der Waals surface area contributed by atoms with Crippen LogP contribution in [-0.4, -0.2) is 26.7 Å². The number of carbonyl (C=O) groups excluding carboxylic acids is 1. The minimum absolute atomic E-state index is 0.105. The van der Waals surface area contributed by atoms with E-state index < -0.39 is 0 Å². The van der Waals surface area contributed by atoms with E-state index in [1.165, 1.54) is 11.3 Å². The van der Waals surface area contributed by atoms with Gasteiger partial charge < -0.3 is 5.32 Å². The average molecular weight is 372 g/mol. The summed E-state index contributed by atoms with van der Waals surface area (Å²) in [4.78, 5) is 16.0. The van der Waals surface area contributed by atoms with Gasteiger partial charge in [0, 0.05) is 23.2 Å². The van der Waals surface area contributed by atoms with Gasteiger partial charge in [0.05, 0.1) is 28.3 Å². The molecule has 25 heavy (non-hydrogen) atoms. The number of aromatic nitrogens is 3. The Morgan fingerprint density at radius 2 is 2.32 bits per heavy atom. The Labute approximate surface area is 153 Å². The Morgan fingerprint density at radius 1 is 1.48 bits per heavy atom. The highest BCUT2D eigenvalue weighted by Gasteiger charge is 2.13. The van der Waals surface area contributed by atoms with Crippen LogP contribution in [0.2, 0.25) is 5.02 Å². The third-order valence-corrected chi connectivity index (χ3v) is 4.43. The number of hydrogen-bond donors (Lipinski definition) is 1. The molecule has 0 aliphatic rings. The van der Waals surface area contributed by atoms with Crippen LogP contribution in [0.5, 0.6) is 0 Å². The molecule has 3 rings (SSSR count). The summed E-state index contributed by atoms with van der Waals surface area (Å²) >= 11 is 7.45. The van der Waals surface area contributed by atoms with Crippen LogP contribution in [0.3, 0.4) is 0 Å². The lowest BCUT2D eigenvalue weighted by molar-refractivity contribution is 0.0931. The van der Waals surface area contributed by atoms with E-state index in [-0.39, 0.29) is 11.9 Å². The second kappa shape index (κ2) is 7.47. The molecule has 2 aromatic heterocycles. The normalized spacial score (nSPS) is 11.7. The van der Waals surface area contributed by atoms with E-state index in [1.54, 1.807) is 27.7 Å². The van der Waals surface area contributed by atoms with Crippen LogP contribution in [0.15, 0.2) is 41.4 Å². The molecule has 0 spiro atoms. The van der Waals surface area contributed by atoms with Gasteiger partial charge in [0.2, 0.25) is 0 Å². The monoisotopic (exact) mass is 371 g/mol. The Bertz CT molecular complexity index is 929. The first-order valence-corrected chi connectivity index (χ1v) is 8.81. The van der Waals surface area contributed by atoms with E-state index in [0.29, 0.717) is 22.8 Å². The Morgan fingerprint density at radius 3 is 3.00 bits per heavy atom. The molecule has 1 amide bonds. The maximum Gasteiger partial charge on any atom is 0.271 e. The Hall–Kier alpha value is -2.69. The molecule has 0 radical (unpaired) electrons. The number of nitriles is 1. The lowest BCUT2D eigenvalue weighted by Gasteiger charge is -2.13. The molecule has 8 heteroatoms. The topological polar surface area (TPSA) is 83.6 Å². The van der Waals surface area contributed by atoms with E-state index in [2.05, 4.69) is 15.4 Å². The van der Waals surface area contributed by atoms with Crippen molar-refractivity contribution in [3.63, 3.8) is 0 Å². The van der Waals surface area contributed by atoms with Gasteiger partial charge in [-0.15, -0.1) is 11.3 Å². The largest absolute Gasteiger partial charge is 0.346 e. The molecule has 0 bridgehead atoms. The van der Waals surface area contributed by atoms with E-state index in [1.807, 2.05) is 31.3 Å². The van der Waals surface area contributed by atoms with Gasteiger partial charge in [0.15, 0.2) is 0 Å². The van der Waals surface area contributed by atoms with Crippen molar-refractivity contribution in [1.82, 2.24) is 20.1 Å². The van der Waals surface area contributed by atoms with E-state index >= 15 is 0 Å². The predicted octanol–water partition coefficient (Wildman–Crippen LogP) is 3.35. The molecule has 0 aliphatic carbocycles. The van der Waals surface area contributed by atoms with Gasteiger partial charge in [-0.25, -0.2) is 4.98 Å². The summed E-state index contributed by atoms with van der Waals surface area (Å²) in [6.45, 7) is 2.43. The summed E-state index contributed by atoms with van der Waals surface area (Å²) in [5.74, 6) is -0.194. The number of thiazole rings is 1. The fourth-order valence-electron chi connectivity index (χ4n) is 2.33.